The van der Waals surface area contributed by atoms with E-state index in [1.807, 2.05) is 24.3 Å². The first kappa shape index (κ1) is 28.5. The van der Waals surface area contributed by atoms with Crippen LogP contribution < -0.4 is 19.1 Å². The number of hydrogen-bond acceptors (Lipinski definition) is 8. The van der Waals surface area contributed by atoms with Crippen LogP contribution in [0.3, 0.4) is 0 Å². The molecule has 1 fully saturated rings. The van der Waals surface area contributed by atoms with Gasteiger partial charge in [0.1, 0.15) is 30.4 Å². The van der Waals surface area contributed by atoms with Crippen molar-refractivity contribution in [2.24, 2.45) is 5.92 Å². The van der Waals surface area contributed by atoms with Gasteiger partial charge in [-0.3, -0.25) is 4.57 Å². The fourth-order valence-electron chi connectivity index (χ4n) is 4.99. The molecule has 5 rings (SSSR count). The predicted molar refractivity (Wildman–Crippen MR) is 142 cm³/mol. The molecule has 220 valence electrons. The van der Waals surface area contributed by atoms with Crippen LogP contribution >= 0.6 is 0 Å². The minimum absolute atomic E-state index is 0.222. The lowest BCUT2D eigenvalue weighted by Crippen LogP contribution is -2.34. The van der Waals surface area contributed by atoms with Crippen LogP contribution in [-0.2, 0) is 17.9 Å². The summed E-state index contributed by atoms with van der Waals surface area (Å²) in [6.07, 6.45) is 0.175. The van der Waals surface area contributed by atoms with Gasteiger partial charge in [-0.05, 0) is 72.1 Å². The molecule has 1 saturated heterocycles. The Morgan fingerprint density at radius 2 is 1.71 bits per heavy atom. The summed E-state index contributed by atoms with van der Waals surface area (Å²) in [5.41, 5.74) is 1.93. The molecule has 41 heavy (non-hydrogen) atoms. The molecule has 1 aromatic heterocycles. The highest BCUT2D eigenvalue weighted by Crippen LogP contribution is 2.28. The van der Waals surface area contributed by atoms with Crippen molar-refractivity contribution < 1.29 is 37.0 Å². The van der Waals surface area contributed by atoms with Gasteiger partial charge in [0.15, 0.2) is 0 Å². The monoisotopic (exact) mass is 576 g/mol. The molecule has 0 saturated carbocycles. The maximum atomic E-state index is 12.3. The zero-order chi connectivity index (χ0) is 28.8. The summed E-state index contributed by atoms with van der Waals surface area (Å²) in [6, 6.07) is 13.9. The van der Waals surface area contributed by atoms with Crippen molar-refractivity contribution in [2.45, 2.75) is 51.3 Å². The number of piperidine rings is 1. The molecule has 2 aromatic carbocycles. The van der Waals surface area contributed by atoms with Gasteiger partial charge in [0.2, 0.25) is 0 Å². The summed E-state index contributed by atoms with van der Waals surface area (Å²) in [5, 5.41) is 10.9. The lowest BCUT2D eigenvalue weighted by molar-refractivity contribution is -0.389. The predicted octanol–water partition coefficient (Wildman–Crippen LogP) is 5.74. The molecule has 2 aliphatic rings. The number of halogens is 3. The molecular weight excluding hydrogens is 545 g/mol. The first-order chi connectivity index (χ1) is 19.7. The van der Waals surface area contributed by atoms with Crippen LogP contribution in [0.2, 0.25) is 0 Å². The number of nitrogens with zero attached hydrogens (tertiary/aromatic N) is 4. The number of nitro groups is 1. The van der Waals surface area contributed by atoms with Crippen LogP contribution in [0, 0.1) is 16.0 Å². The Morgan fingerprint density at radius 1 is 1.00 bits per heavy atom. The van der Waals surface area contributed by atoms with Crippen LogP contribution in [0.5, 0.6) is 17.5 Å². The number of ether oxygens (including phenoxy) is 4. The van der Waals surface area contributed by atoms with Gasteiger partial charge in [-0.15, -0.1) is 13.2 Å². The Kier molecular flexibility index (Phi) is 8.81. The van der Waals surface area contributed by atoms with Crippen molar-refractivity contribution >= 4 is 11.5 Å². The first-order valence-electron chi connectivity index (χ1n) is 13.5. The van der Waals surface area contributed by atoms with Gasteiger partial charge in [0.25, 0.3) is 0 Å². The van der Waals surface area contributed by atoms with Crippen molar-refractivity contribution in [2.75, 3.05) is 31.2 Å². The van der Waals surface area contributed by atoms with E-state index in [9.17, 15) is 23.3 Å². The fraction of sp³-hybridized carbons (Fsp3) is 0.464. The normalized spacial score (nSPS) is 17.5. The number of aryl methyl sites for hydroxylation is 1. The molecule has 0 N–H and O–H groups in total. The Hall–Kier alpha value is -4.00. The molecule has 13 heteroatoms. The topological polar surface area (TPSA) is 101 Å². The van der Waals surface area contributed by atoms with Crippen molar-refractivity contribution in [1.29, 1.82) is 0 Å². The van der Waals surface area contributed by atoms with E-state index in [1.54, 1.807) is 16.7 Å². The van der Waals surface area contributed by atoms with Gasteiger partial charge in [-0.1, -0.05) is 12.1 Å². The second kappa shape index (κ2) is 12.7. The highest BCUT2D eigenvalue weighted by atomic mass is 19.4. The van der Waals surface area contributed by atoms with E-state index in [0.29, 0.717) is 38.7 Å². The number of anilines is 1. The van der Waals surface area contributed by atoms with E-state index in [4.69, 9.17) is 14.2 Å². The molecule has 0 aliphatic carbocycles. The van der Waals surface area contributed by atoms with Gasteiger partial charge < -0.3 is 34.0 Å². The van der Waals surface area contributed by atoms with E-state index >= 15 is 0 Å². The summed E-state index contributed by atoms with van der Waals surface area (Å²) in [5.74, 6) is 0.825. The van der Waals surface area contributed by atoms with Crippen LogP contribution in [0.15, 0.2) is 54.7 Å². The summed E-state index contributed by atoms with van der Waals surface area (Å²) in [6.45, 7) is 3.75. The lowest BCUT2D eigenvalue weighted by Gasteiger charge is -2.33. The molecule has 3 aromatic rings. The summed E-state index contributed by atoms with van der Waals surface area (Å²) >= 11 is 0. The quantitative estimate of drug-likeness (QED) is 0.162. The van der Waals surface area contributed by atoms with Crippen LogP contribution in [0.4, 0.5) is 24.7 Å². The van der Waals surface area contributed by atoms with Gasteiger partial charge in [0, 0.05) is 43.3 Å². The van der Waals surface area contributed by atoms with E-state index < -0.39 is 11.3 Å². The van der Waals surface area contributed by atoms with Crippen LogP contribution in [0.1, 0.15) is 31.2 Å². The van der Waals surface area contributed by atoms with E-state index in [-0.39, 0.29) is 23.7 Å². The maximum Gasteiger partial charge on any atom is 0.573 e. The third-order valence-electron chi connectivity index (χ3n) is 7.23. The SMILES string of the molecule is O=[N+]([O-])c1cn2c(n1)O[C@@H](COc1ccc(N3CCC(CCOCc4ccc(OC(F)(F)F)cc4)CC3)cc1)CC2. The average molecular weight is 577 g/mol. The van der Waals surface area contributed by atoms with E-state index in [2.05, 4.69) is 14.6 Å². The van der Waals surface area contributed by atoms with Crippen molar-refractivity contribution in [3.05, 3.63) is 70.4 Å². The largest absolute Gasteiger partial charge is 0.573 e. The number of aromatic nitrogens is 2. The van der Waals surface area contributed by atoms with E-state index in [1.165, 1.54) is 18.3 Å². The van der Waals surface area contributed by atoms with Crippen molar-refractivity contribution in [3.63, 3.8) is 0 Å². The number of hydrogen-bond donors (Lipinski definition) is 0. The molecule has 2 aliphatic heterocycles. The molecular formula is C28H31F3N4O6. The minimum Gasteiger partial charge on any atom is -0.490 e. The number of imidazole rings is 1. The molecule has 0 spiro atoms. The summed E-state index contributed by atoms with van der Waals surface area (Å²) in [7, 11) is 0. The van der Waals surface area contributed by atoms with Gasteiger partial charge in [-0.2, -0.15) is 0 Å². The Morgan fingerprint density at radius 3 is 2.39 bits per heavy atom. The Balaban J connectivity index is 0.981. The standard InChI is InChI=1S/C28H31F3N4O6/c29-28(30,31)41-24-5-1-21(2-6-24)18-38-16-12-20-9-13-33(14-10-20)22-3-7-23(8-4-22)39-19-25-11-15-34-17-26(35(36)37)32-27(34)40-25/h1-8,17,20,25H,9-16,18-19H2/t25-/m1/s1. The highest BCUT2D eigenvalue weighted by Gasteiger charge is 2.31. The number of benzene rings is 2. The third kappa shape index (κ3) is 8.03. The molecule has 1 atom stereocenters. The molecule has 0 unspecified atom stereocenters. The third-order valence-corrected chi connectivity index (χ3v) is 7.23. The maximum absolute atomic E-state index is 12.3. The minimum atomic E-state index is -4.69. The van der Waals surface area contributed by atoms with Gasteiger partial charge >= 0.3 is 18.2 Å². The lowest BCUT2D eigenvalue weighted by atomic mass is 9.93. The second-order valence-corrected chi connectivity index (χ2v) is 10.1. The first-order valence-corrected chi connectivity index (χ1v) is 13.5. The zero-order valence-corrected chi connectivity index (χ0v) is 22.3. The van der Waals surface area contributed by atoms with Crippen molar-refractivity contribution in [1.82, 2.24) is 9.55 Å². The summed E-state index contributed by atoms with van der Waals surface area (Å²) < 4.78 is 59.7. The molecule has 0 radical (unpaired) electrons. The van der Waals surface area contributed by atoms with E-state index in [0.717, 1.165) is 49.4 Å². The number of rotatable bonds is 11. The fourth-order valence-corrected chi connectivity index (χ4v) is 4.99. The van der Waals surface area contributed by atoms with Gasteiger partial charge in [0.05, 0.1) is 6.61 Å². The highest BCUT2D eigenvalue weighted by molar-refractivity contribution is 5.49. The van der Waals surface area contributed by atoms with Crippen LogP contribution in [-0.4, -0.2) is 53.2 Å². The molecule has 10 nitrogen and oxygen atoms in total. The van der Waals surface area contributed by atoms with Crippen molar-refractivity contribution in [3.8, 4) is 17.5 Å². The van der Waals surface area contributed by atoms with Gasteiger partial charge in [-0.25, -0.2) is 0 Å². The molecule has 0 amide bonds. The number of alkyl halides is 3. The smallest absolute Gasteiger partial charge is 0.490 e. The molecule has 3 heterocycles. The average Bonchev–Trinajstić information content (AvgIpc) is 3.39. The Labute approximate surface area is 234 Å². The Bertz CT molecular complexity index is 1290. The summed E-state index contributed by atoms with van der Waals surface area (Å²) in [4.78, 5) is 16.6. The van der Waals surface area contributed by atoms with Crippen LogP contribution in [0.25, 0.3) is 0 Å². The number of fused-ring (bicyclic) bond motifs is 1. The molecule has 0 bridgehead atoms. The zero-order valence-electron chi connectivity index (χ0n) is 22.3. The second-order valence-electron chi connectivity index (χ2n) is 10.1.